The lowest BCUT2D eigenvalue weighted by Gasteiger charge is -2.45. The zero-order chi connectivity index (χ0) is 42.2. The van der Waals surface area contributed by atoms with Crippen molar-refractivity contribution in [2.45, 2.75) is 180 Å². The van der Waals surface area contributed by atoms with E-state index in [4.69, 9.17) is 18.9 Å². The highest BCUT2D eigenvalue weighted by Gasteiger charge is 2.44. The summed E-state index contributed by atoms with van der Waals surface area (Å²) in [4.78, 5) is 51.6. The number of unbranched alkanes of at least 4 members (excludes halogenated alkanes) is 2. The zero-order valence-corrected chi connectivity index (χ0v) is 37.3. The summed E-state index contributed by atoms with van der Waals surface area (Å²) in [5, 5.41) is 17.1. The molecule has 13 nitrogen and oxygen atoms in total. The first kappa shape index (κ1) is 48.3. The normalized spacial score (nSPS) is 23.1. The van der Waals surface area contributed by atoms with E-state index < -0.39 is 22.4 Å². The van der Waals surface area contributed by atoms with E-state index >= 15 is 0 Å². The quantitative estimate of drug-likeness (QED) is 0.0542. The Labute approximate surface area is 350 Å². The van der Waals surface area contributed by atoms with Gasteiger partial charge < -0.3 is 45.5 Å². The summed E-state index contributed by atoms with van der Waals surface area (Å²) in [5.41, 5.74) is -2.22. The van der Waals surface area contributed by atoms with Crippen LogP contribution in [-0.2, 0) is 38.1 Å². The molecule has 0 saturated carbocycles. The molecule has 0 aromatic rings. The Hall–Kier alpha value is -2.32. The highest BCUT2D eigenvalue weighted by molar-refractivity contribution is 5.71. The number of hydrogen-bond acceptors (Lipinski definition) is 13. The fourth-order valence-corrected chi connectivity index (χ4v) is 9.86. The molecule has 0 radical (unpaired) electrons. The fraction of sp³-hybridized carbons (Fsp3) is 0.911. The number of esters is 4. The van der Waals surface area contributed by atoms with Gasteiger partial charge in [0.25, 0.3) is 0 Å². The van der Waals surface area contributed by atoms with Crippen LogP contribution in [0.4, 0.5) is 0 Å². The summed E-state index contributed by atoms with van der Waals surface area (Å²) >= 11 is 0. The molecule has 0 aliphatic carbocycles. The van der Waals surface area contributed by atoms with Gasteiger partial charge in [0.15, 0.2) is 0 Å². The number of carbonyl (C=O) groups excluding carboxylic acids is 4. The molecule has 4 aliphatic heterocycles. The number of piperidine rings is 4. The fourth-order valence-electron chi connectivity index (χ4n) is 9.86. The van der Waals surface area contributed by atoms with Crippen LogP contribution in [0.1, 0.15) is 151 Å². The molecule has 334 valence electrons. The molecule has 0 bridgehead atoms. The molecule has 4 heterocycles. The number of rotatable bonds is 22. The first-order chi connectivity index (χ1) is 27.5. The molecule has 13 heteroatoms. The minimum atomic E-state index is -0.654. The molecule has 4 rings (SSSR count). The van der Waals surface area contributed by atoms with Crippen LogP contribution in [0.5, 0.6) is 0 Å². The largest absolute Gasteiger partial charge is 0.459 e. The van der Waals surface area contributed by atoms with E-state index in [1.54, 1.807) is 0 Å². The van der Waals surface area contributed by atoms with Crippen LogP contribution in [0.25, 0.3) is 0 Å². The third kappa shape index (κ3) is 15.9. The standard InChI is InChI=1S/C45H81N5O8/c1-42(2,33-13-22-46-23-14-33)55-38(51)11-9-8-10-12-39(52)58-45(7,35-17-26-48-27-18-35)32-37-31-36(19-30-50-37)44(5,6)57-41(54)21-29-49-28-20-40(53)56-43(3,4)34-15-24-47-25-16-34/h33-37,46-50H,8-32H2,1-7H3. The smallest absolute Gasteiger partial charge is 0.307 e. The first-order valence-electron chi connectivity index (χ1n) is 22.9. The van der Waals surface area contributed by atoms with E-state index in [1.165, 1.54) is 0 Å². The molecular formula is C45H81N5O8. The maximum atomic E-state index is 13.4. The van der Waals surface area contributed by atoms with Crippen LogP contribution < -0.4 is 26.6 Å². The Morgan fingerprint density at radius 2 is 0.862 bits per heavy atom. The highest BCUT2D eigenvalue weighted by Crippen LogP contribution is 2.39. The van der Waals surface area contributed by atoms with Crippen LogP contribution in [0.15, 0.2) is 0 Å². The summed E-state index contributed by atoms with van der Waals surface area (Å²) in [5.74, 6) is 0.322. The van der Waals surface area contributed by atoms with E-state index in [9.17, 15) is 19.2 Å². The van der Waals surface area contributed by atoms with Gasteiger partial charge in [-0.15, -0.1) is 0 Å². The van der Waals surface area contributed by atoms with Gasteiger partial charge in [-0.3, -0.25) is 19.2 Å². The lowest BCUT2D eigenvalue weighted by atomic mass is 9.73. The molecule has 3 unspecified atom stereocenters. The molecule has 4 fully saturated rings. The average molecular weight is 820 g/mol. The first-order valence-corrected chi connectivity index (χ1v) is 22.9. The summed E-state index contributed by atoms with van der Waals surface area (Å²) < 4.78 is 24.3. The second kappa shape index (κ2) is 23.0. The van der Waals surface area contributed by atoms with Gasteiger partial charge in [0.2, 0.25) is 0 Å². The number of carbonyl (C=O) groups is 4. The Balaban J connectivity index is 1.17. The molecule has 0 aromatic carbocycles. The van der Waals surface area contributed by atoms with E-state index in [0.717, 1.165) is 104 Å². The van der Waals surface area contributed by atoms with Gasteiger partial charge in [-0.1, -0.05) is 6.42 Å². The molecule has 4 saturated heterocycles. The van der Waals surface area contributed by atoms with Crippen molar-refractivity contribution in [2.24, 2.45) is 23.7 Å². The lowest BCUT2D eigenvalue weighted by molar-refractivity contribution is -0.170. The van der Waals surface area contributed by atoms with Gasteiger partial charge in [-0.2, -0.15) is 0 Å². The summed E-state index contributed by atoms with van der Waals surface area (Å²) in [6.45, 7) is 21.5. The van der Waals surface area contributed by atoms with Crippen molar-refractivity contribution in [3.63, 3.8) is 0 Å². The Morgan fingerprint density at radius 1 is 0.483 bits per heavy atom. The van der Waals surface area contributed by atoms with Crippen molar-refractivity contribution in [1.29, 1.82) is 0 Å². The van der Waals surface area contributed by atoms with Crippen LogP contribution in [0.3, 0.4) is 0 Å². The maximum absolute atomic E-state index is 13.4. The Morgan fingerprint density at radius 3 is 1.33 bits per heavy atom. The minimum absolute atomic E-state index is 0.116. The molecule has 3 atom stereocenters. The second-order valence-electron chi connectivity index (χ2n) is 19.5. The molecule has 0 aromatic heterocycles. The SMILES string of the molecule is CC(C)(OC(=O)CCCCCC(=O)OC(C)(CC1CC(C(C)(C)OC(=O)CCNCCC(=O)OC(C)(C)C2CCNCC2)CCN1)C1CCNCC1)C1CCNCC1. The molecule has 5 N–H and O–H groups in total. The van der Waals surface area contributed by atoms with Crippen molar-refractivity contribution in [3.05, 3.63) is 0 Å². The van der Waals surface area contributed by atoms with Crippen LogP contribution in [0, 0.1) is 23.7 Å². The van der Waals surface area contributed by atoms with E-state index in [-0.39, 0.29) is 54.6 Å². The van der Waals surface area contributed by atoms with Crippen molar-refractivity contribution in [3.8, 4) is 0 Å². The molecule has 0 amide bonds. The highest BCUT2D eigenvalue weighted by atomic mass is 16.6. The van der Waals surface area contributed by atoms with Crippen molar-refractivity contribution >= 4 is 23.9 Å². The van der Waals surface area contributed by atoms with Crippen LogP contribution in [0.2, 0.25) is 0 Å². The van der Waals surface area contributed by atoms with Gasteiger partial charge in [0.05, 0.1) is 12.8 Å². The third-order valence-electron chi connectivity index (χ3n) is 13.7. The Kier molecular flexibility index (Phi) is 19.2. The summed E-state index contributed by atoms with van der Waals surface area (Å²) in [6.07, 6.45) is 11.6. The van der Waals surface area contributed by atoms with Crippen LogP contribution >= 0.6 is 0 Å². The van der Waals surface area contributed by atoms with Crippen LogP contribution in [-0.4, -0.2) is 111 Å². The van der Waals surface area contributed by atoms with Crippen molar-refractivity contribution in [2.75, 3.05) is 58.9 Å². The second-order valence-corrected chi connectivity index (χ2v) is 19.5. The van der Waals surface area contributed by atoms with E-state index in [1.807, 2.05) is 41.5 Å². The summed E-state index contributed by atoms with van der Waals surface area (Å²) in [6, 6.07) is 0.116. The molecule has 0 spiro atoms. The third-order valence-corrected chi connectivity index (χ3v) is 13.7. The predicted molar refractivity (Wildman–Crippen MR) is 226 cm³/mol. The van der Waals surface area contributed by atoms with E-state index in [0.29, 0.717) is 57.0 Å². The summed E-state index contributed by atoms with van der Waals surface area (Å²) in [7, 11) is 0. The molecule has 4 aliphatic rings. The van der Waals surface area contributed by atoms with Crippen molar-refractivity contribution < 1.29 is 38.1 Å². The van der Waals surface area contributed by atoms with Gasteiger partial charge in [0, 0.05) is 62.1 Å². The zero-order valence-electron chi connectivity index (χ0n) is 37.3. The monoisotopic (exact) mass is 820 g/mol. The number of nitrogens with one attached hydrogen (secondary N) is 5. The van der Waals surface area contributed by atoms with Gasteiger partial charge >= 0.3 is 23.9 Å². The predicted octanol–water partition coefficient (Wildman–Crippen LogP) is 5.33. The topological polar surface area (TPSA) is 165 Å². The minimum Gasteiger partial charge on any atom is -0.459 e. The van der Waals surface area contributed by atoms with Gasteiger partial charge in [-0.25, -0.2) is 0 Å². The van der Waals surface area contributed by atoms with Gasteiger partial charge in [-0.05, 0) is 158 Å². The average Bonchev–Trinajstić information content (AvgIpc) is 3.18. The Bertz CT molecular complexity index is 1290. The van der Waals surface area contributed by atoms with E-state index in [2.05, 4.69) is 33.5 Å². The van der Waals surface area contributed by atoms with Crippen molar-refractivity contribution in [1.82, 2.24) is 26.6 Å². The maximum Gasteiger partial charge on any atom is 0.307 e. The molecule has 58 heavy (non-hydrogen) atoms. The lowest BCUT2D eigenvalue weighted by Crippen LogP contribution is -2.53. The number of ether oxygens (including phenoxy) is 4. The number of hydrogen-bond donors (Lipinski definition) is 5. The van der Waals surface area contributed by atoms with Gasteiger partial charge in [0.1, 0.15) is 22.4 Å². The molecular weight excluding hydrogens is 739 g/mol.